The topological polar surface area (TPSA) is 65.7 Å². The molecule has 1 aromatic carbocycles. The largest absolute Gasteiger partial charge is 0.488 e. The standard InChI is InChI=1S/C18H20O5/c1-10(2)9-22-14-6-11(3)7-15-17(14)12(4)13(18(20)23-15)8-16(19)21-5/h6-7H,1,8-9H2,2-5H3. The third-order valence-corrected chi connectivity index (χ3v) is 3.51. The molecule has 0 aliphatic carbocycles. The molecule has 1 aromatic heterocycles. The Morgan fingerprint density at radius 1 is 1.30 bits per heavy atom. The van der Waals surface area contributed by atoms with E-state index in [9.17, 15) is 9.59 Å². The van der Waals surface area contributed by atoms with Gasteiger partial charge in [0.25, 0.3) is 0 Å². The van der Waals surface area contributed by atoms with Gasteiger partial charge in [0, 0.05) is 0 Å². The van der Waals surface area contributed by atoms with Crippen molar-refractivity contribution in [3.63, 3.8) is 0 Å². The third-order valence-electron chi connectivity index (χ3n) is 3.51. The second-order valence-electron chi connectivity index (χ2n) is 5.63. The lowest BCUT2D eigenvalue weighted by Gasteiger charge is -2.13. The summed E-state index contributed by atoms with van der Waals surface area (Å²) in [6.07, 6.45) is -0.131. The molecule has 23 heavy (non-hydrogen) atoms. The number of benzene rings is 1. The number of aryl methyl sites for hydroxylation is 2. The monoisotopic (exact) mass is 316 g/mol. The fourth-order valence-corrected chi connectivity index (χ4v) is 2.37. The van der Waals surface area contributed by atoms with Crippen LogP contribution in [0.15, 0.2) is 33.5 Å². The second-order valence-corrected chi connectivity index (χ2v) is 5.63. The molecular weight excluding hydrogens is 296 g/mol. The maximum absolute atomic E-state index is 12.2. The molecule has 0 amide bonds. The first-order valence-corrected chi connectivity index (χ1v) is 7.24. The van der Waals surface area contributed by atoms with Gasteiger partial charge in [-0.15, -0.1) is 0 Å². The Hall–Kier alpha value is -2.56. The summed E-state index contributed by atoms with van der Waals surface area (Å²) in [5.41, 5.74) is 2.66. The highest BCUT2D eigenvalue weighted by atomic mass is 16.5. The number of ether oxygens (including phenoxy) is 2. The molecule has 0 saturated heterocycles. The SMILES string of the molecule is C=C(C)COc1cc(C)cc2oc(=O)c(CC(=O)OC)c(C)c12. The Bertz CT molecular complexity index is 829. The van der Waals surface area contributed by atoms with Crippen LogP contribution in [0.3, 0.4) is 0 Å². The van der Waals surface area contributed by atoms with Crippen LogP contribution in [0.2, 0.25) is 0 Å². The summed E-state index contributed by atoms with van der Waals surface area (Å²) < 4.78 is 15.8. The minimum Gasteiger partial charge on any atom is -0.488 e. The minimum atomic E-state index is -0.531. The van der Waals surface area contributed by atoms with E-state index in [1.165, 1.54) is 7.11 Å². The summed E-state index contributed by atoms with van der Waals surface area (Å²) in [5.74, 6) is 0.117. The first-order chi connectivity index (χ1) is 10.8. The van der Waals surface area contributed by atoms with Crippen molar-refractivity contribution in [1.82, 2.24) is 0 Å². The van der Waals surface area contributed by atoms with Gasteiger partial charge in [-0.2, -0.15) is 0 Å². The van der Waals surface area contributed by atoms with Gasteiger partial charge in [-0.25, -0.2) is 4.79 Å². The van der Waals surface area contributed by atoms with Crippen molar-refractivity contribution in [3.8, 4) is 5.75 Å². The highest BCUT2D eigenvalue weighted by molar-refractivity contribution is 5.89. The third kappa shape index (κ3) is 3.62. The normalized spacial score (nSPS) is 10.6. The fourth-order valence-electron chi connectivity index (χ4n) is 2.37. The van der Waals surface area contributed by atoms with Gasteiger partial charge >= 0.3 is 11.6 Å². The van der Waals surface area contributed by atoms with E-state index in [4.69, 9.17) is 9.15 Å². The van der Waals surface area contributed by atoms with Crippen LogP contribution in [-0.2, 0) is 16.0 Å². The Kier molecular flexibility index (Phi) is 4.89. The van der Waals surface area contributed by atoms with Gasteiger partial charge in [0.15, 0.2) is 0 Å². The van der Waals surface area contributed by atoms with Crippen molar-refractivity contribution in [2.45, 2.75) is 27.2 Å². The highest BCUT2D eigenvalue weighted by Crippen LogP contribution is 2.31. The lowest BCUT2D eigenvalue weighted by Crippen LogP contribution is -2.16. The van der Waals surface area contributed by atoms with Gasteiger partial charge in [-0.3, -0.25) is 4.79 Å². The highest BCUT2D eigenvalue weighted by Gasteiger charge is 2.18. The number of hydrogen-bond acceptors (Lipinski definition) is 5. The summed E-state index contributed by atoms with van der Waals surface area (Å²) in [5, 5.41) is 0.690. The molecule has 2 rings (SSSR count). The molecule has 0 fully saturated rings. The van der Waals surface area contributed by atoms with E-state index in [2.05, 4.69) is 11.3 Å². The van der Waals surface area contributed by atoms with Gasteiger partial charge < -0.3 is 13.9 Å². The average molecular weight is 316 g/mol. The molecule has 0 saturated carbocycles. The Morgan fingerprint density at radius 3 is 2.61 bits per heavy atom. The summed E-state index contributed by atoms with van der Waals surface area (Å²) in [6, 6.07) is 3.65. The van der Waals surface area contributed by atoms with E-state index in [1.807, 2.05) is 19.9 Å². The summed E-state index contributed by atoms with van der Waals surface area (Å²) in [4.78, 5) is 23.7. The molecule has 122 valence electrons. The summed E-state index contributed by atoms with van der Waals surface area (Å²) in [7, 11) is 1.28. The molecular formula is C18H20O5. The van der Waals surface area contributed by atoms with E-state index in [-0.39, 0.29) is 12.0 Å². The van der Waals surface area contributed by atoms with Gasteiger partial charge in [-0.05, 0) is 49.6 Å². The van der Waals surface area contributed by atoms with Crippen LogP contribution in [0.4, 0.5) is 0 Å². The van der Waals surface area contributed by atoms with E-state index >= 15 is 0 Å². The zero-order valence-electron chi connectivity index (χ0n) is 13.8. The van der Waals surface area contributed by atoms with E-state index < -0.39 is 11.6 Å². The number of carbonyl (C=O) groups excluding carboxylic acids is 1. The number of methoxy groups -OCH3 is 1. The van der Waals surface area contributed by atoms with Crippen LogP contribution in [0.1, 0.15) is 23.6 Å². The smallest absolute Gasteiger partial charge is 0.340 e. The van der Waals surface area contributed by atoms with Crippen LogP contribution in [0.25, 0.3) is 11.0 Å². The molecule has 0 atom stereocenters. The zero-order chi connectivity index (χ0) is 17.1. The van der Waals surface area contributed by atoms with Crippen LogP contribution in [0.5, 0.6) is 5.75 Å². The van der Waals surface area contributed by atoms with Crippen LogP contribution >= 0.6 is 0 Å². The molecule has 0 bridgehead atoms. The van der Waals surface area contributed by atoms with Gasteiger partial charge in [0.1, 0.15) is 17.9 Å². The van der Waals surface area contributed by atoms with Crippen LogP contribution in [0, 0.1) is 13.8 Å². The fraction of sp³-hybridized carbons (Fsp3) is 0.333. The van der Waals surface area contributed by atoms with Crippen molar-refractivity contribution < 1.29 is 18.7 Å². The maximum atomic E-state index is 12.2. The molecule has 0 radical (unpaired) electrons. The first-order valence-electron chi connectivity index (χ1n) is 7.24. The predicted molar refractivity (Wildman–Crippen MR) is 88.0 cm³/mol. The maximum Gasteiger partial charge on any atom is 0.340 e. The van der Waals surface area contributed by atoms with Crippen molar-refractivity contribution in [2.75, 3.05) is 13.7 Å². The van der Waals surface area contributed by atoms with Crippen molar-refractivity contribution in [2.24, 2.45) is 0 Å². The number of carbonyl (C=O) groups is 1. The van der Waals surface area contributed by atoms with Crippen molar-refractivity contribution >= 4 is 16.9 Å². The van der Waals surface area contributed by atoms with Crippen LogP contribution < -0.4 is 10.4 Å². The Morgan fingerprint density at radius 2 is 2.00 bits per heavy atom. The molecule has 2 aromatic rings. The molecule has 1 heterocycles. The Labute approximate surface area is 134 Å². The number of hydrogen-bond donors (Lipinski definition) is 0. The van der Waals surface area contributed by atoms with Crippen molar-refractivity contribution in [1.29, 1.82) is 0 Å². The molecule has 0 N–H and O–H groups in total. The zero-order valence-corrected chi connectivity index (χ0v) is 13.8. The molecule has 0 spiro atoms. The van der Waals surface area contributed by atoms with E-state index in [0.717, 1.165) is 11.1 Å². The minimum absolute atomic E-state index is 0.131. The summed E-state index contributed by atoms with van der Waals surface area (Å²) >= 11 is 0. The molecule has 0 unspecified atom stereocenters. The average Bonchev–Trinajstić information content (AvgIpc) is 2.48. The molecule has 0 aliphatic heterocycles. The van der Waals surface area contributed by atoms with Gasteiger partial charge in [0.2, 0.25) is 0 Å². The van der Waals surface area contributed by atoms with E-state index in [1.54, 1.807) is 13.0 Å². The quantitative estimate of drug-likeness (QED) is 0.482. The van der Waals surface area contributed by atoms with E-state index in [0.29, 0.717) is 28.9 Å². The van der Waals surface area contributed by atoms with Crippen molar-refractivity contribution in [3.05, 3.63) is 51.4 Å². The number of esters is 1. The second kappa shape index (κ2) is 6.69. The number of fused-ring (bicyclic) bond motifs is 1. The predicted octanol–water partition coefficient (Wildman–Crippen LogP) is 3.08. The van der Waals surface area contributed by atoms with Crippen LogP contribution in [-0.4, -0.2) is 19.7 Å². The lowest BCUT2D eigenvalue weighted by atomic mass is 10.0. The molecule has 5 nitrogen and oxygen atoms in total. The molecule has 5 heteroatoms. The molecule has 0 aliphatic rings. The van der Waals surface area contributed by atoms with Gasteiger partial charge in [-0.1, -0.05) is 6.58 Å². The summed E-state index contributed by atoms with van der Waals surface area (Å²) in [6.45, 7) is 9.72. The Balaban J connectivity index is 2.66. The number of rotatable bonds is 5. The lowest BCUT2D eigenvalue weighted by molar-refractivity contribution is -0.139. The first kappa shape index (κ1) is 16.8. The van der Waals surface area contributed by atoms with Gasteiger partial charge in [0.05, 0.1) is 24.5 Å².